The van der Waals surface area contributed by atoms with E-state index in [4.69, 9.17) is 9.47 Å². The van der Waals surface area contributed by atoms with Crippen LogP contribution in [-0.2, 0) is 9.47 Å². The predicted molar refractivity (Wildman–Crippen MR) is 150 cm³/mol. The second-order valence-corrected chi connectivity index (χ2v) is 11.0. The van der Waals surface area contributed by atoms with Gasteiger partial charge in [0.2, 0.25) is 0 Å². The normalized spacial score (nSPS) is 15.0. The summed E-state index contributed by atoms with van der Waals surface area (Å²) in [5.41, 5.74) is 0. The highest BCUT2D eigenvalue weighted by atomic mass is 16.5. The minimum absolute atomic E-state index is 0.224. The van der Waals surface area contributed by atoms with Crippen molar-refractivity contribution in [1.82, 2.24) is 5.32 Å². The van der Waals surface area contributed by atoms with E-state index in [0.717, 1.165) is 32.4 Å². The van der Waals surface area contributed by atoms with E-state index in [1.807, 2.05) is 0 Å². The molecule has 0 bridgehead atoms. The Bertz CT molecular complexity index is 386. The van der Waals surface area contributed by atoms with Crippen LogP contribution in [0.5, 0.6) is 0 Å². The first kappa shape index (κ1) is 31.9. The van der Waals surface area contributed by atoms with E-state index in [-0.39, 0.29) is 6.10 Å². The van der Waals surface area contributed by atoms with Gasteiger partial charge in [0.05, 0.1) is 12.7 Å². The van der Waals surface area contributed by atoms with Crippen LogP contribution in [0.3, 0.4) is 0 Å². The Balaban J connectivity index is 1.96. The Kier molecular flexibility index (Phi) is 24.4. The van der Waals surface area contributed by atoms with E-state index in [1.165, 1.54) is 148 Å². The van der Waals surface area contributed by atoms with Crippen LogP contribution in [0.1, 0.15) is 162 Å². The summed E-state index contributed by atoms with van der Waals surface area (Å²) < 4.78 is 12.3. The van der Waals surface area contributed by atoms with Gasteiger partial charge in [-0.25, -0.2) is 0 Å². The lowest BCUT2D eigenvalue weighted by atomic mass is 9.93. The maximum atomic E-state index is 6.25. The van der Waals surface area contributed by atoms with E-state index in [0.29, 0.717) is 0 Å². The third-order valence-electron chi connectivity index (χ3n) is 7.54. The summed E-state index contributed by atoms with van der Waals surface area (Å²) in [7, 11) is 0. The topological polar surface area (TPSA) is 30.5 Å². The van der Waals surface area contributed by atoms with E-state index < -0.39 is 0 Å². The van der Waals surface area contributed by atoms with Crippen LogP contribution in [0.2, 0.25) is 0 Å². The molecule has 1 saturated carbocycles. The van der Waals surface area contributed by atoms with Gasteiger partial charge >= 0.3 is 0 Å². The quantitative estimate of drug-likeness (QED) is 0.113. The van der Waals surface area contributed by atoms with Crippen molar-refractivity contribution in [3.8, 4) is 0 Å². The zero-order valence-electron chi connectivity index (χ0n) is 23.6. The number of hydrogen-bond acceptors (Lipinski definition) is 3. The van der Waals surface area contributed by atoms with Crippen LogP contribution in [0.25, 0.3) is 0 Å². The van der Waals surface area contributed by atoms with Gasteiger partial charge in [-0.05, 0) is 25.7 Å². The molecule has 1 aliphatic carbocycles. The van der Waals surface area contributed by atoms with Crippen molar-refractivity contribution in [2.24, 2.45) is 0 Å². The highest BCUT2D eigenvalue weighted by Gasteiger charge is 2.19. The lowest BCUT2D eigenvalue weighted by molar-refractivity contribution is -0.0197. The van der Waals surface area contributed by atoms with Gasteiger partial charge in [0.1, 0.15) is 0 Å². The van der Waals surface area contributed by atoms with Gasteiger partial charge in [0.25, 0.3) is 0 Å². The molecular formula is C31H63NO2. The van der Waals surface area contributed by atoms with Gasteiger partial charge in [-0.2, -0.15) is 0 Å². The summed E-state index contributed by atoms with van der Waals surface area (Å²) in [6.07, 6.45) is 31.9. The van der Waals surface area contributed by atoms with Crippen molar-refractivity contribution in [2.45, 2.75) is 174 Å². The molecule has 3 heteroatoms. The van der Waals surface area contributed by atoms with Crippen molar-refractivity contribution in [3.63, 3.8) is 0 Å². The minimum atomic E-state index is 0.224. The third kappa shape index (κ3) is 21.2. The molecule has 0 aromatic carbocycles. The monoisotopic (exact) mass is 481 g/mol. The van der Waals surface area contributed by atoms with Gasteiger partial charge in [0.15, 0.2) is 0 Å². The highest BCUT2D eigenvalue weighted by molar-refractivity contribution is 4.78. The number of unbranched alkanes of at least 4 members (excludes halogenated alkanes) is 18. The Morgan fingerprint density at radius 3 is 1.47 bits per heavy atom. The molecule has 0 heterocycles. The first-order valence-corrected chi connectivity index (χ1v) is 15.8. The smallest absolute Gasteiger partial charge is 0.0932 e. The van der Waals surface area contributed by atoms with Gasteiger partial charge in [-0.15, -0.1) is 0 Å². The van der Waals surface area contributed by atoms with Gasteiger partial charge in [-0.3, -0.25) is 0 Å². The fourth-order valence-corrected chi connectivity index (χ4v) is 4.82. The summed E-state index contributed by atoms with van der Waals surface area (Å²) in [6, 6.07) is 0.727. The number of nitrogens with one attached hydrogen (secondary N) is 1. The zero-order valence-corrected chi connectivity index (χ0v) is 23.6. The molecule has 34 heavy (non-hydrogen) atoms. The van der Waals surface area contributed by atoms with Crippen LogP contribution in [0, 0.1) is 0 Å². The van der Waals surface area contributed by atoms with Crippen LogP contribution in [0.15, 0.2) is 0 Å². The Hall–Kier alpha value is -0.120. The van der Waals surface area contributed by atoms with Gasteiger partial charge < -0.3 is 14.8 Å². The maximum absolute atomic E-state index is 6.25. The van der Waals surface area contributed by atoms with E-state index in [1.54, 1.807) is 0 Å². The summed E-state index contributed by atoms with van der Waals surface area (Å²) >= 11 is 0. The lowest BCUT2D eigenvalue weighted by Gasteiger charge is -2.29. The van der Waals surface area contributed by atoms with Crippen molar-refractivity contribution in [3.05, 3.63) is 0 Å². The Labute approximate surface area is 214 Å². The highest BCUT2D eigenvalue weighted by Crippen LogP contribution is 2.18. The summed E-state index contributed by atoms with van der Waals surface area (Å²) in [5.74, 6) is 0. The number of hydrogen-bond donors (Lipinski definition) is 1. The molecule has 0 aromatic heterocycles. The van der Waals surface area contributed by atoms with Gasteiger partial charge in [-0.1, -0.05) is 136 Å². The number of rotatable bonds is 28. The van der Waals surface area contributed by atoms with Crippen LogP contribution >= 0.6 is 0 Å². The molecule has 3 nitrogen and oxygen atoms in total. The maximum Gasteiger partial charge on any atom is 0.0932 e. The van der Waals surface area contributed by atoms with Crippen molar-refractivity contribution in [2.75, 3.05) is 26.4 Å². The molecule has 1 atom stereocenters. The standard InChI is InChI=1S/C31H63NO2/c1-3-5-7-9-11-13-15-17-19-21-26-33-29-31(28-32-30-24-23-25-30)34-27-22-20-18-16-14-12-10-8-6-4-2/h30-32H,3-29H2,1-2H3. The van der Waals surface area contributed by atoms with E-state index in [9.17, 15) is 0 Å². The van der Waals surface area contributed by atoms with Crippen LogP contribution in [-0.4, -0.2) is 38.5 Å². The molecule has 1 unspecified atom stereocenters. The van der Waals surface area contributed by atoms with E-state index in [2.05, 4.69) is 19.2 Å². The van der Waals surface area contributed by atoms with E-state index >= 15 is 0 Å². The predicted octanol–water partition coefficient (Wildman–Crippen LogP) is 9.37. The molecule has 1 rings (SSSR count). The first-order chi connectivity index (χ1) is 16.9. The zero-order chi connectivity index (χ0) is 24.4. The summed E-state index contributed by atoms with van der Waals surface area (Å²) in [6.45, 7) is 8.10. The fraction of sp³-hybridized carbons (Fsp3) is 1.00. The van der Waals surface area contributed by atoms with Crippen LogP contribution in [0.4, 0.5) is 0 Å². The summed E-state index contributed by atoms with van der Waals surface area (Å²) in [5, 5.41) is 3.70. The molecular weight excluding hydrogens is 418 g/mol. The minimum Gasteiger partial charge on any atom is -0.379 e. The van der Waals surface area contributed by atoms with Gasteiger partial charge in [0, 0.05) is 25.8 Å². The Morgan fingerprint density at radius 2 is 1.03 bits per heavy atom. The van der Waals surface area contributed by atoms with Crippen molar-refractivity contribution < 1.29 is 9.47 Å². The molecule has 0 saturated heterocycles. The second kappa shape index (κ2) is 26.0. The molecule has 1 N–H and O–H groups in total. The third-order valence-corrected chi connectivity index (χ3v) is 7.54. The van der Waals surface area contributed by atoms with Crippen molar-refractivity contribution >= 4 is 0 Å². The fourth-order valence-electron chi connectivity index (χ4n) is 4.82. The molecule has 0 aromatic rings. The molecule has 0 amide bonds. The molecule has 204 valence electrons. The average molecular weight is 482 g/mol. The molecule has 0 radical (unpaired) electrons. The number of ether oxygens (including phenoxy) is 2. The second-order valence-electron chi connectivity index (χ2n) is 11.0. The lowest BCUT2D eigenvalue weighted by Crippen LogP contribution is -2.42. The molecule has 0 spiro atoms. The van der Waals surface area contributed by atoms with Crippen molar-refractivity contribution in [1.29, 1.82) is 0 Å². The first-order valence-electron chi connectivity index (χ1n) is 15.8. The largest absolute Gasteiger partial charge is 0.379 e. The molecule has 0 aliphatic heterocycles. The average Bonchev–Trinajstić information content (AvgIpc) is 2.81. The van der Waals surface area contributed by atoms with Crippen LogP contribution < -0.4 is 5.32 Å². The molecule has 1 aliphatic rings. The molecule has 1 fully saturated rings. The summed E-state index contributed by atoms with van der Waals surface area (Å²) in [4.78, 5) is 0. The SMILES string of the molecule is CCCCCCCCCCCCOCC(CNC1CCC1)OCCCCCCCCCCCC. The Morgan fingerprint density at radius 1 is 0.588 bits per heavy atom.